The first-order chi connectivity index (χ1) is 12.3. The molecule has 2 N–H and O–H groups in total. The molecule has 142 valence electrons. The number of hydrogen-bond acceptors (Lipinski definition) is 3. The SMILES string of the molecule is CCCC1(C)NC(=O)C(c2c(C)cc(C)cc2CC)=C1OC(=O)NCC. The van der Waals surface area contributed by atoms with Crippen LogP contribution < -0.4 is 10.6 Å². The molecule has 5 heteroatoms. The third-order valence-electron chi connectivity index (χ3n) is 4.80. The molecule has 2 rings (SSSR count). The van der Waals surface area contributed by atoms with Crippen molar-refractivity contribution in [3.8, 4) is 0 Å². The zero-order valence-electron chi connectivity index (χ0n) is 16.7. The molecule has 0 aliphatic carbocycles. The van der Waals surface area contributed by atoms with Crippen LogP contribution in [0, 0.1) is 13.8 Å². The fourth-order valence-corrected chi connectivity index (χ4v) is 3.78. The molecule has 0 aromatic heterocycles. The van der Waals surface area contributed by atoms with Crippen molar-refractivity contribution in [3.63, 3.8) is 0 Å². The van der Waals surface area contributed by atoms with Gasteiger partial charge in [-0.2, -0.15) is 0 Å². The Bertz CT molecular complexity index is 752. The Balaban J connectivity index is 2.70. The van der Waals surface area contributed by atoms with E-state index in [-0.39, 0.29) is 5.91 Å². The van der Waals surface area contributed by atoms with Gasteiger partial charge in [-0.3, -0.25) is 4.79 Å². The second-order valence-electron chi connectivity index (χ2n) is 7.13. The van der Waals surface area contributed by atoms with Crippen LogP contribution in [-0.4, -0.2) is 24.1 Å². The molecule has 1 heterocycles. The van der Waals surface area contributed by atoms with E-state index in [4.69, 9.17) is 4.74 Å². The number of nitrogens with one attached hydrogen (secondary N) is 2. The molecular formula is C21H30N2O3. The maximum absolute atomic E-state index is 12.9. The van der Waals surface area contributed by atoms with Gasteiger partial charge in [-0.15, -0.1) is 0 Å². The highest BCUT2D eigenvalue weighted by Gasteiger charge is 2.45. The van der Waals surface area contributed by atoms with Gasteiger partial charge in [0.2, 0.25) is 0 Å². The van der Waals surface area contributed by atoms with Gasteiger partial charge in [0.05, 0.1) is 11.1 Å². The number of amides is 2. The fourth-order valence-electron chi connectivity index (χ4n) is 3.78. The van der Waals surface area contributed by atoms with Crippen LogP contribution in [0.3, 0.4) is 0 Å². The lowest BCUT2D eigenvalue weighted by Gasteiger charge is -2.26. The number of rotatable bonds is 6. The van der Waals surface area contributed by atoms with E-state index in [1.165, 1.54) is 0 Å². The lowest BCUT2D eigenvalue weighted by molar-refractivity contribution is -0.116. The summed E-state index contributed by atoms with van der Waals surface area (Å²) in [6.07, 6.45) is 1.83. The number of ether oxygens (including phenoxy) is 1. The first-order valence-electron chi connectivity index (χ1n) is 9.40. The molecule has 5 nitrogen and oxygen atoms in total. The highest BCUT2D eigenvalue weighted by Crippen LogP contribution is 2.39. The number of benzene rings is 1. The van der Waals surface area contributed by atoms with E-state index in [2.05, 4.69) is 29.7 Å². The Labute approximate surface area is 156 Å². The molecule has 0 bridgehead atoms. The molecule has 1 aromatic rings. The van der Waals surface area contributed by atoms with Gasteiger partial charge >= 0.3 is 6.09 Å². The van der Waals surface area contributed by atoms with Gasteiger partial charge in [0, 0.05) is 6.54 Å². The van der Waals surface area contributed by atoms with E-state index in [0.717, 1.165) is 35.1 Å². The van der Waals surface area contributed by atoms with Crippen molar-refractivity contribution in [3.05, 3.63) is 40.1 Å². The lowest BCUT2D eigenvalue weighted by Crippen LogP contribution is -2.43. The van der Waals surface area contributed by atoms with Gasteiger partial charge in [0.15, 0.2) is 0 Å². The maximum Gasteiger partial charge on any atom is 0.412 e. The predicted molar refractivity (Wildman–Crippen MR) is 104 cm³/mol. The van der Waals surface area contributed by atoms with Crippen molar-refractivity contribution in [2.24, 2.45) is 0 Å². The van der Waals surface area contributed by atoms with Crippen LogP contribution in [0.15, 0.2) is 17.9 Å². The summed E-state index contributed by atoms with van der Waals surface area (Å²) in [4.78, 5) is 25.1. The quantitative estimate of drug-likeness (QED) is 0.807. The Hall–Kier alpha value is -2.30. The average molecular weight is 358 g/mol. The number of carbonyl (C=O) groups is 2. The number of carbonyl (C=O) groups excluding carboxylic acids is 2. The van der Waals surface area contributed by atoms with Gasteiger partial charge < -0.3 is 15.4 Å². The summed E-state index contributed by atoms with van der Waals surface area (Å²) in [7, 11) is 0. The molecule has 0 saturated heterocycles. The first kappa shape index (κ1) is 20.0. The van der Waals surface area contributed by atoms with Gasteiger partial charge in [-0.05, 0) is 57.2 Å². The van der Waals surface area contributed by atoms with Crippen molar-refractivity contribution in [1.29, 1.82) is 0 Å². The second-order valence-corrected chi connectivity index (χ2v) is 7.13. The van der Waals surface area contributed by atoms with Crippen LogP contribution in [0.1, 0.15) is 62.8 Å². The molecule has 1 atom stereocenters. The van der Waals surface area contributed by atoms with E-state index < -0.39 is 11.6 Å². The van der Waals surface area contributed by atoms with E-state index in [0.29, 0.717) is 24.3 Å². The molecule has 0 radical (unpaired) electrons. The first-order valence-corrected chi connectivity index (χ1v) is 9.40. The summed E-state index contributed by atoms with van der Waals surface area (Å²) in [6.45, 7) is 12.4. The van der Waals surface area contributed by atoms with Crippen molar-refractivity contribution >= 4 is 17.6 Å². The molecule has 26 heavy (non-hydrogen) atoms. The van der Waals surface area contributed by atoms with Gasteiger partial charge in [-0.25, -0.2) is 4.79 Å². The van der Waals surface area contributed by atoms with Gasteiger partial charge in [-0.1, -0.05) is 38.0 Å². The molecule has 0 spiro atoms. The van der Waals surface area contributed by atoms with E-state index in [9.17, 15) is 9.59 Å². The van der Waals surface area contributed by atoms with Crippen LogP contribution in [-0.2, 0) is 16.0 Å². The summed E-state index contributed by atoms with van der Waals surface area (Å²) in [5.74, 6) is 0.249. The van der Waals surface area contributed by atoms with Crippen molar-refractivity contribution in [2.75, 3.05) is 6.54 Å². The van der Waals surface area contributed by atoms with E-state index in [1.807, 2.05) is 34.6 Å². The maximum atomic E-state index is 12.9. The Morgan fingerprint density at radius 3 is 2.50 bits per heavy atom. The Morgan fingerprint density at radius 1 is 1.23 bits per heavy atom. The van der Waals surface area contributed by atoms with Gasteiger partial charge in [0.25, 0.3) is 5.91 Å². The van der Waals surface area contributed by atoms with Crippen molar-refractivity contribution < 1.29 is 14.3 Å². The third kappa shape index (κ3) is 3.76. The Morgan fingerprint density at radius 2 is 1.92 bits per heavy atom. The smallest absolute Gasteiger partial charge is 0.411 e. The summed E-state index contributed by atoms with van der Waals surface area (Å²) in [5, 5.41) is 5.71. The molecule has 0 fully saturated rings. The van der Waals surface area contributed by atoms with Crippen LogP contribution in [0.4, 0.5) is 4.79 Å². The topological polar surface area (TPSA) is 67.4 Å². The summed E-state index contributed by atoms with van der Waals surface area (Å²) >= 11 is 0. The molecule has 1 aromatic carbocycles. The molecule has 0 saturated carbocycles. The number of hydrogen-bond donors (Lipinski definition) is 2. The molecule has 1 unspecified atom stereocenters. The van der Waals surface area contributed by atoms with Crippen LogP contribution >= 0.6 is 0 Å². The standard InChI is InChI=1S/C21H30N2O3/c1-7-10-21(6)18(26-20(25)22-9-3)17(19(24)23-21)16-14(5)11-13(4)12-15(16)8-2/h11-12H,7-10H2,1-6H3,(H,22,25)(H,23,24). The summed E-state index contributed by atoms with van der Waals surface area (Å²) in [5.41, 5.74) is 3.95. The zero-order valence-corrected chi connectivity index (χ0v) is 16.7. The van der Waals surface area contributed by atoms with Crippen molar-refractivity contribution in [2.45, 2.75) is 66.3 Å². The van der Waals surface area contributed by atoms with Crippen LogP contribution in [0.2, 0.25) is 0 Å². The zero-order chi connectivity index (χ0) is 19.5. The second kappa shape index (κ2) is 7.94. The Kier molecular flexibility index (Phi) is 6.11. The minimum Gasteiger partial charge on any atom is -0.411 e. The fraction of sp³-hybridized carbons (Fsp3) is 0.524. The minimum absolute atomic E-state index is 0.179. The molecule has 1 aliphatic heterocycles. The highest BCUT2D eigenvalue weighted by atomic mass is 16.6. The molecular weight excluding hydrogens is 328 g/mol. The van der Waals surface area contributed by atoms with E-state index in [1.54, 1.807) is 0 Å². The monoisotopic (exact) mass is 358 g/mol. The van der Waals surface area contributed by atoms with E-state index >= 15 is 0 Å². The third-order valence-corrected chi connectivity index (χ3v) is 4.80. The molecule has 1 aliphatic rings. The average Bonchev–Trinajstić information content (AvgIpc) is 2.78. The summed E-state index contributed by atoms with van der Waals surface area (Å²) in [6, 6.07) is 4.16. The summed E-state index contributed by atoms with van der Waals surface area (Å²) < 4.78 is 5.69. The predicted octanol–water partition coefficient (Wildman–Crippen LogP) is 4.01. The van der Waals surface area contributed by atoms with Gasteiger partial charge in [0.1, 0.15) is 5.76 Å². The number of alkyl carbamates (subject to hydrolysis) is 1. The molecule has 2 amide bonds. The van der Waals surface area contributed by atoms with Crippen molar-refractivity contribution in [1.82, 2.24) is 10.6 Å². The highest BCUT2D eigenvalue weighted by molar-refractivity contribution is 6.24. The van der Waals surface area contributed by atoms with Crippen LogP contribution in [0.25, 0.3) is 5.57 Å². The van der Waals surface area contributed by atoms with Crippen LogP contribution in [0.5, 0.6) is 0 Å². The largest absolute Gasteiger partial charge is 0.412 e. The normalized spacial score (nSPS) is 19.5. The minimum atomic E-state index is -0.686. The lowest BCUT2D eigenvalue weighted by atomic mass is 9.88. The number of aryl methyl sites for hydroxylation is 3.